The van der Waals surface area contributed by atoms with E-state index in [0.717, 1.165) is 0 Å². The molecule has 0 spiro atoms. The molecule has 3 aromatic rings. The van der Waals surface area contributed by atoms with Crippen molar-refractivity contribution in [2.45, 2.75) is 13.8 Å². The van der Waals surface area contributed by atoms with E-state index in [9.17, 15) is 15.0 Å². The van der Waals surface area contributed by atoms with Gasteiger partial charge in [0.2, 0.25) is 11.2 Å². The van der Waals surface area contributed by atoms with Crippen LogP contribution in [-0.2, 0) is 0 Å². The van der Waals surface area contributed by atoms with Crippen LogP contribution in [0.25, 0.3) is 22.3 Å². The molecule has 0 unspecified atom stereocenters. The molecular formula is C19H18O5. The van der Waals surface area contributed by atoms with Gasteiger partial charge >= 0.3 is 0 Å². The second kappa shape index (κ2) is 6.28. The second-order valence-corrected chi connectivity index (χ2v) is 5.99. The van der Waals surface area contributed by atoms with Crippen molar-refractivity contribution in [3.05, 3.63) is 52.7 Å². The molecule has 124 valence electrons. The lowest BCUT2D eigenvalue weighted by atomic mass is 10.1. The molecule has 5 heteroatoms. The minimum absolute atomic E-state index is 0.0120. The molecule has 0 radical (unpaired) electrons. The van der Waals surface area contributed by atoms with Crippen LogP contribution in [0, 0.1) is 5.92 Å². The lowest BCUT2D eigenvalue weighted by Gasteiger charge is -2.12. The summed E-state index contributed by atoms with van der Waals surface area (Å²) in [4.78, 5) is 12.3. The van der Waals surface area contributed by atoms with Gasteiger partial charge in [-0.05, 0) is 36.2 Å². The van der Waals surface area contributed by atoms with Crippen LogP contribution >= 0.6 is 0 Å². The molecular weight excluding hydrogens is 308 g/mol. The summed E-state index contributed by atoms with van der Waals surface area (Å²) in [6, 6.07) is 11.3. The third-order valence-corrected chi connectivity index (χ3v) is 3.57. The quantitative estimate of drug-likeness (QED) is 0.760. The number of fused-ring (bicyclic) bond motifs is 1. The zero-order chi connectivity index (χ0) is 17.3. The first-order valence-corrected chi connectivity index (χ1v) is 7.68. The Morgan fingerprint density at radius 1 is 1.12 bits per heavy atom. The first kappa shape index (κ1) is 15.9. The summed E-state index contributed by atoms with van der Waals surface area (Å²) in [6.07, 6.45) is 0. The van der Waals surface area contributed by atoms with Gasteiger partial charge < -0.3 is 19.4 Å². The van der Waals surface area contributed by atoms with E-state index in [2.05, 4.69) is 0 Å². The molecule has 2 N–H and O–H groups in total. The maximum absolute atomic E-state index is 12.3. The topological polar surface area (TPSA) is 79.9 Å². The van der Waals surface area contributed by atoms with Crippen LogP contribution in [0.1, 0.15) is 13.8 Å². The van der Waals surface area contributed by atoms with E-state index >= 15 is 0 Å². The first-order valence-electron chi connectivity index (χ1n) is 7.68. The number of para-hydroxylation sites is 1. The van der Waals surface area contributed by atoms with Crippen LogP contribution < -0.4 is 10.2 Å². The van der Waals surface area contributed by atoms with E-state index in [1.807, 2.05) is 13.8 Å². The van der Waals surface area contributed by atoms with Crippen LogP contribution in [-0.4, -0.2) is 16.8 Å². The summed E-state index contributed by atoms with van der Waals surface area (Å²) < 4.78 is 11.3. The van der Waals surface area contributed by atoms with E-state index in [1.54, 1.807) is 36.4 Å². The van der Waals surface area contributed by atoms with Crippen molar-refractivity contribution in [3.63, 3.8) is 0 Å². The van der Waals surface area contributed by atoms with E-state index in [1.165, 1.54) is 6.07 Å². The highest BCUT2D eigenvalue weighted by atomic mass is 16.5. The summed E-state index contributed by atoms with van der Waals surface area (Å²) in [5.74, 6) is 0.140. The molecule has 0 atom stereocenters. The van der Waals surface area contributed by atoms with Gasteiger partial charge in [0.05, 0.1) is 12.0 Å². The molecule has 2 aromatic carbocycles. The molecule has 0 bridgehead atoms. The molecule has 0 aliphatic rings. The molecule has 0 amide bonds. The van der Waals surface area contributed by atoms with Crippen LogP contribution in [0.2, 0.25) is 0 Å². The monoisotopic (exact) mass is 326 g/mol. The molecule has 0 saturated carbocycles. The third kappa shape index (κ3) is 2.93. The lowest BCUT2D eigenvalue weighted by molar-refractivity contribution is 0.259. The minimum atomic E-state index is -0.496. The molecule has 0 saturated heterocycles. The van der Waals surface area contributed by atoms with Gasteiger partial charge in [-0.2, -0.15) is 0 Å². The molecule has 0 fully saturated rings. The van der Waals surface area contributed by atoms with Gasteiger partial charge in [-0.15, -0.1) is 0 Å². The van der Waals surface area contributed by atoms with Crippen molar-refractivity contribution in [1.82, 2.24) is 0 Å². The maximum atomic E-state index is 12.3. The maximum Gasteiger partial charge on any atom is 0.235 e. The Hall–Kier alpha value is -2.95. The summed E-state index contributed by atoms with van der Waals surface area (Å²) in [5.41, 5.74) is 0.338. The molecule has 24 heavy (non-hydrogen) atoms. The van der Waals surface area contributed by atoms with E-state index in [4.69, 9.17) is 9.15 Å². The van der Waals surface area contributed by atoms with Crippen molar-refractivity contribution in [1.29, 1.82) is 0 Å². The number of rotatable bonds is 4. The fraction of sp³-hybridized carbons (Fsp3) is 0.211. The Morgan fingerprint density at radius 3 is 2.62 bits per heavy atom. The predicted octanol–water partition coefficient (Wildman–Crippen LogP) is 3.91. The highest BCUT2D eigenvalue weighted by Gasteiger charge is 2.17. The second-order valence-electron chi connectivity index (χ2n) is 5.99. The Bertz CT molecular complexity index is 940. The van der Waals surface area contributed by atoms with Gasteiger partial charge in [0.25, 0.3) is 0 Å². The Morgan fingerprint density at radius 2 is 1.88 bits per heavy atom. The van der Waals surface area contributed by atoms with Gasteiger partial charge in [-0.25, -0.2) is 0 Å². The average molecular weight is 326 g/mol. The Labute approximate surface area is 138 Å². The molecule has 3 rings (SSSR count). The number of phenolic OH excluding ortho intramolecular Hbond substituents is 1. The Balaban J connectivity index is 2.12. The fourth-order valence-corrected chi connectivity index (χ4v) is 2.36. The fourth-order valence-electron chi connectivity index (χ4n) is 2.36. The Kier molecular flexibility index (Phi) is 4.16. The number of hydrogen-bond acceptors (Lipinski definition) is 5. The summed E-state index contributed by atoms with van der Waals surface area (Å²) in [7, 11) is 0. The van der Waals surface area contributed by atoms with Crippen molar-refractivity contribution in [3.8, 4) is 28.6 Å². The molecule has 0 aliphatic carbocycles. The van der Waals surface area contributed by atoms with E-state index in [-0.39, 0.29) is 17.3 Å². The van der Waals surface area contributed by atoms with Gasteiger partial charge in [0.15, 0.2) is 17.3 Å². The van der Waals surface area contributed by atoms with Gasteiger partial charge in [0, 0.05) is 5.56 Å². The summed E-state index contributed by atoms with van der Waals surface area (Å²) >= 11 is 0. The van der Waals surface area contributed by atoms with Crippen LogP contribution in [0.15, 0.2) is 51.7 Å². The largest absolute Gasteiger partial charge is 0.504 e. The normalized spacial score (nSPS) is 11.1. The van der Waals surface area contributed by atoms with Crippen molar-refractivity contribution < 1.29 is 19.4 Å². The summed E-state index contributed by atoms with van der Waals surface area (Å²) in [5, 5.41) is 20.4. The van der Waals surface area contributed by atoms with E-state index < -0.39 is 11.2 Å². The van der Waals surface area contributed by atoms with Crippen molar-refractivity contribution >= 4 is 11.0 Å². The minimum Gasteiger partial charge on any atom is -0.504 e. The predicted molar refractivity (Wildman–Crippen MR) is 91.6 cm³/mol. The van der Waals surface area contributed by atoms with Crippen molar-refractivity contribution in [2.75, 3.05) is 6.61 Å². The van der Waals surface area contributed by atoms with Gasteiger partial charge in [-0.3, -0.25) is 4.79 Å². The number of benzene rings is 2. The number of phenols is 1. The third-order valence-electron chi connectivity index (χ3n) is 3.57. The lowest BCUT2D eigenvalue weighted by Crippen LogP contribution is -2.05. The number of aromatic hydroxyl groups is 2. The summed E-state index contributed by atoms with van der Waals surface area (Å²) in [6.45, 7) is 4.43. The highest BCUT2D eigenvalue weighted by Crippen LogP contribution is 2.35. The SMILES string of the molecule is CC(C)COc1cc(-c2oc3ccccc3c(=O)c2O)ccc1O. The smallest absolute Gasteiger partial charge is 0.235 e. The molecule has 5 nitrogen and oxygen atoms in total. The van der Waals surface area contributed by atoms with Gasteiger partial charge in [-0.1, -0.05) is 26.0 Å². The van der Waals surface area contributed by atoms with Crippen LogP contribution in [0.5, 0.6) is 17.2 Å². The number of hydrogen-bond donors (Lipinski definition) is 2. The zero-order valence-electron chi connectivity index (χ0n) is 13.4. The van der Waals surface area contributed by atoms with Gasteiger partial charge in [0.1, 0.15) is 5.58 Å². The highest BCUT2D eigenvalue weighted by molar-refractivity contribution is 5.82. The molecule has 0 aliphatic heterocycles. The average Bonchev–Trinajstić information content (AvgIpc) is 2.57. The molecule has 1 aromatic heterocycles. The standard InChI is InChI=1S/C19H18O5/c1-11(2)10-23-16-9-12(7-8-14(16)20)19-18(22)17(21)13-5-3-4-6-15(13)24-19/h3-9,11,20,22H,10H2,1-2H3. The van der Waals surface area contributed by atoms with Crippen LogP contribution in [0.4, 0.5) is 0 Å². The first-order chi connectivity index (χ1) is 11.5. The molecule has 1 heterocycles. The van der Waals surface area contributed by atoms with Crippen LogP contribution in [0.3, 0.4) is 0 Å². The zero-order valence-corrected chi connectivity index (χ0v) is 13.4. The van der Waals surface area contributed by atoms with Crippen molar-refractivity contribution in [2.24, 2.45) is 5.92 Å². The van der Waals surface area contributed by atoms with E-state index in [0.29, 0.717) is 29.1 Å². The number of ether oxygens (including phenoxy) is 1.